The van der Waals surface area contributed by atoms with Crippen molar-refractivity contribution in [3.8, 4) is 45.3 Å². The standard InChI is InChI=1S/C39H23N3S2/c1-3-11-24(12-4-1)27-16-9-17-31-29-22-21-26(23-34(29)44-35(27)31)38-40-37(25-13-5-2-6-14-25)41-39(42-38)32-19-10-18-30-28-15-7-8-20-33(28)43-36(30)32/h1-23H/i1D,3D,4D,9D,11D,12D,16D,17D,21D,22D,23D. The van der Waals surface area contributed by atoms with E-state index in [-0.39, 0.29) is 60.6 Å². The predicted molar refractivity (Wildman–Crippen MR) is 187 cm³/mol. The number of aromatic nitrogens is 3. The van der Waals surface area contributed by atoms with Gasteiger partial charge >= 0.3 is 0 Å². The topological polar surface area (TPSA) is 38.7 Å². The molecule has 0 aliphatic heterocycles. The van der Waals surface area contributed by atoms with E-state index in [1.807, 2.05) is 66.7 Å². The number of hydrogen-bond donors (Lipinski definition) is 0. The minimum absolute atomic E-state index is 0.0125. The normalized spacial score (nSPS) is 15.1. The Morgan fingerprint density at radius 3 is 2.05 bits per heavy atom. The summed E-state index contributed by atoms with van der Waals surface area (Å²) >= 11 is 2.49. The van der Waals surface area contributed by atoms with Crippen molar-refractivity contribution in [1.29, 1.82) is 0 Å². The molecular weight excluding hydrogens is 575 g/mol. The second kappa shape index (κ2) is 10.2. The van der Waals surface area contributed by atoms with E-state index >= 15 is 0 Å². The largest absolute Gasteiger partial charge is 0.208 e. The van der Waals surface area contributed by atoms with E-state index in [1.54, 1.807) is 11.3 Å². The zero-order chi connectivity index (χ0) is 38.6. The minimum atomic E-state index is -0.629. The molecule has 44 heavy (non-hydrogen) atoms. The van der Waals surface area contributed by atoms with Crippen LogP contribution in [0.3, 0.4) is 0 Å². The van der Waals surface area contributed by atoms with Gasteiger partial charge in [-0.25, -0.2) is 15.0 Å². The van der Waals surface area contributed by atoms with Crippen LogP contribution in [0, 0.1) is 0 Å². The average Bonchev–Trinajstić information content (AvgIpc) is 3.79. The second-order valence-corrected chi connectivity index (χ2v) is 12.0. The Hall–Kier alpha value is -5.23. The molecule has 9 rings (SSSR count). The molecule has 5 heteroatoms. The molecule has 3 aromatic heterocycles. The number of benzene rings is 6. The third-order valence-corrected chi connectivity index (χ3v) is 9.69. The molecule has 6 aromatic carbocycles. The first-order chi connectivity index (χ1) is 26.4. The first-order valence-electron chi connectivity index (χ1n) is 19.1. The lowest BCUT2D eigenvalue weighted by atomic mass is 10.0. The first kappa shape index (κ1) is 16.6. The zero-order valence-electron chi connectivity index (χ0n) is 33.6. The van der Waals surface area contributed by atoms with Gasteiger partial charge in [0, 0.05) is 57.0 Å². The van der Waals surface area contributed by atoms with Crippen LogP contribution in [0.4, 0.5) is 0 Å². The summed E-state index contributed by atoms with van der Waals surface area (Å²) in [5, 5.41) is 2.10. The lowest BCUT2D eigenvalue weighted by Crippen LogP contribution is -2.00. The average molecular weight is 609 g/mol. The van der Waals surface area contributed by atoms with E-state index < -0.39 is 54.4 Å². The lowest BCUT2D eigenvalue weighted by Gasteiger charge is -2.09. The molecule has 0 amide bonds. The van der Waals surface area contributed by atoms with Crippen LogP contribution in [-0.2, 0) is 0 Å². The Morgan fingerprint density at radius 2 is 1.16 bits per heavy atom. The third kappa shape index (κ3) is 4.13. The Morgan fingerprint density at radius 1 is 0.432 bits per heavy atom. The molecule has 0 bridgehead atoms. The SMILES string of the molecule is [2H]c1c([2H])c([2H])c(-c2c([2H])c([2H])c([2H])c3c2sc2c([2H])c(-c4nc(-c5ccccc5)nc(-c5cccc6c5sc5ccccc56)n4)c([2H])c([2H])c23)c([2H])c1[2H]. The van der Waals surface area contributed by atoms with Crippen molar-refractivity contribution in [2.24, 2.45) is 0 Å². The number of nitrogens with zero attached hydrogens (tertiary/aromatic N) is 3. The maximum absolute atomic E-state index is 9.53. The third-order valence-electron chi connectivity index (χ3n) is 7.35. The van der Waals surface area contributed by atoms with E-state index in [1.165, 1.54) is 0 Å². The quantitative estimate of drug-likeness (QED) is 0.199. The molecule has 206 valence electrons. The molecule has 0 aliphatic carbocycles. The van der Waals surface area contributed by atoms with Crippen LogP contribution in [0.25, 0.3) is 85.6 Å². The second-order valence-electron chi connectivity index (χ2n) is 9.96. The van der Waals surface area contributed by atoms with Crippen molar-refractivity contribution in [2.45, 2.75) is 0 Å². The first-order valence-corrected chi connectivity index (χ1v) is 15.3. The summed E-state index contributed by atoms with van der Waals surface area (Å²) in [6, 6.07) is 17.5. The fourth-order valence-electron chi connectivity index (χ4n) is 5.33. The Labute approximate surface area is 277 Å². The fraction of sp³-hybridized carbons (Fsp3) is 0. The highest BCUT2D eigenvalue weighted by Crippen LogP contribution is 2.42. The fourth-order valence-corrected chi connectivity index (χ4v) is 7.66. The van der Waals surface area contributed by atoms with Gasteiger partial charge in [0.15, 0.2) is 17.5 Å². The number of rotatable bonds is 4. The molecule has 0 aliphatic rings. The summed E-state index contributed by atoms with van der Waals surface area (Å²) < 4.78 is 98.6. The summed E-state index contributed by atoms with van der Waals surface area (Å²) in [7, 11) is 0. The molecule has 0 unspecified atom stereocenters. The molecule has 0 saturated heterocycles. The van der Waals surface area contributed by atoms with Crippen LogP contribution < -0.4 is 0 Å². The van der Waals surface area contributed by atoms with Gasteiger partial charge in [0.2, 0.25) is 0 Å². The van der Waals surface area contributed by atoms with Crippen molar-refractivity contribution in [2.75, 3.05) is 0 Å². The predicted octanol–water partition coefficient (Wildman–Crippen LogP) is 11.3. The summed E-state index contributed by atoms with van der Waals surface area (Å²) in [5.74, 6) is 0.566. The molecule has 0 atom stereocenters. The van der Waals surface area contributed by atoms with E-state index in [0.29, 0.717) is 11.4 Å². The highest BCUT2D eigenvalue weighted by atomic mass is 32.1. The maximum Gasteiger partial charge on any atom is 0.165 e. The van der Waals surface area contributed by atoms with Crippen molar-refractivity contribution in [3.63, 3.8) is 0 Å². The molecular formula is C39H23N3S2. The van der Waals surface area contributed by atoms with Crippen LogP contribution in [0.2, 0.25) is 0 Å². The molecule has 3 heterocycles. The summed E-state index contributed by atoms with van der Waals surface area (Å²) in [5.41, 5.74) is 0.819. The van der Waals surface area contributed by atoms with E-state index in [2.05, 4.69) is 6.07 Å². The van der Waals surface area contributed by atoms with E-state index in [0.717, 1.165) is 37.1 Å². The Bertz CT molecular complexity index is 3100. The van der Waals surface area contributed by atoms with E-state index in [9.17, 15) is 4.11 Å². The highest BCUT2D eigenvalue weighted by molar-refractivity contribution is 7.26. The maximum atomic E-state index is 9.53. The lowest BCUT2D eigenvalue weighted by molar-refractivity contribution is 1.08. The van der Waals surface area contributed by atoms with Crippen LogP contribution >= 0.6 is 22.7 Å². The molecule has 0 spiro atoms. The molecule has 0 fully saturated rings. The van der Waals surface area contributed by atoms with Crippen LogP contribution in [0.1, 0.15) is 15.1 Å². The summed E-state index contributed by atoms with van der Waals surface area (Å²) in [4.78, 5) is 14.5. The van der Waals surface area contributed by atoms with Gasteiger partial charge in [0.05, 0.1) is 15.1 Å². The molecule has 0 radical (unpaired) electrons. The highest BCUT2D eigenvalue weighted by Gasteiger charge is 2.17. The van der Waals surface area contributed by atoms with Gasteiger partial charge in [-0.05, 0) is 29.3 Å². The molecule has 9 aromatic rings. The van der Waals surface area contributed by atoms with Gasteiger partial charge in [-0.15, -0.1) is 22.7 Å². The van der Waals surface area contributed by atoms with Crippen molar-refractivity contribution in [1.82, 2.24) is 15.0 Å². The van der Waals surface area contributed by atoms with Crippen molar-refractivity contribution >= 4 is 63.0 Å². The Kier molecular flexibility index (Phi) is 3.84. The van der Waals surface area contributed by atoms with Crippen molar-refractivity contribution in [3.05, 3.63) is 139 Å². The number of fused-ring (bicyclic) bond motifs is 6. The van der Waals surface area contributed by atoms with Gasteiger partial charge in [0.1, 0.15) is 0 Å². The zero-order valence-corrected chi connectivity index (χ0v) is 24.2. The molecule has 0 N–H and O–H groups in total. The van der Waals surface area contributed by atoms with Gasteiger partial charge in [-0.2, -0.15) is 0 Å². The minimum Gasteiger partial charge on any atom is -0.208 e. The Balaban J connectivity index is 1.36. The van der Waals surface area contributed by atoms with Crippen LogP contribution in [-0.4, -0.2) is 15.0 Å². The van der Waals surface area contributed by atoms with Crippen LogP contribution in [0.5, 0.6) is 0 Å². The van der Waals surface area contributed by atoms with Gasteiger partial charge in [0.25, 0.3) is 0 Å². The summed E-state index contributed by atoms with van der Waals surface area (Å²) in [6.07, 6.45) is 0. The number of hydrogen-bond acceptors (Lipinski definition) is 5. The van der Waals surface area contributed by atoms with E-state index in [4.69, 9.17) is 25.9 Å². The van der Waals surface area contributed by atoms with Crippen LogP contribution in [0.15, 0.2) is 139 Å². The smallest absolute Gasteiger partial charge is 0.165 e. The molecule has 0 saturated carbocycles. The van der Waals surface area contributed by atoms with Gasteiger partial charge in [-0.1, -0.05) is 121 Å². The number of thiophene rings is 2. The molecule has 3 nitrogen and oxygen atoms in total. The van der Waals surface area contributed by atoms with Gasteiger partial charge < -0.3 is 0 Å². The van der Waals surface area contributed by atoms with Crippen molar-refractivity contribution < 1.29 is 15.1 Å². The summed E-state index contributed by atoms with van der Waals surface area (Å²) in [6.45, 7) is 0. The monoisotopic (exact) mass is 608 g/mol. The van der Waals surface area contributed by atoms with Gasteiger partial charge in [-0.3, -0.25) is 0 Å².